The van der Waals surface area contributed by atoms with Gasteiger partial charge in [-0.15, -0.1) is 0 Å². The van der Waals surface area contributed by atoms with Crippen molar-refractivity contribution in [3.05, 3.63) is 12.3 Å². The third-order valence-corrected chi connectivity index (χ3v) is 2.80. The molecule has 1 atom stereocenters. The van der Waals surface area contributed by atoms with Crippen molar-refractivity contribution in [1.82, 2.24) is 0 Å². The van der Waals surface area contributed by atoms with Crippen LogP contribution in [-0.2, 0) is 9.53 Å². The van der Waals surface area contributed by atoms with Gasteiger partial charge in [0.15, 0.2) is 0 Å². The van der Waals surface area contributed by atoms with E-state index in [2.05, 4.69) is 4.99 Å². The Hall–Kier alpha value is -1.39. The molecule has 1 unspecified atom stereocenters. The van der Waals surface area contributed by atoms with Crippen LogP contribution in [0.5, 0.6) is 0 Å². The first kappa shape index (κ1) is 13.7. The van der Waals surface area contributed by atoms with Crippen molar-refractivity contribution < 1.29 is 13.9 Å². The third kappa shape index (κ3) is 3.54. The number of alkyl halides is 1. The quantitative estimate of drug-likeness (QED) is 0.568. The number of hydrogen-bond donors (Lipinski definition) is 1. The van der Waals surface area contributed by atoms with Gasteiger partial charge in [-0.2, -0.15) is 0 Å². The van der Waals surface area contributed by atoms with Gasteiger partial charge < -0.3 is 10.5 Å². The van der Waals surface area contributed by atoms with Crippen LogP contribution in [0.1, 0.15) is 26.7 Å². The van der Waals surface area contributed by atoms with E-state index in [0.717, 1.165) is 12.8 Å². The molecule has 17 heavy (non-hydrogen) atoms. The molecule has 4 nitrogen and oxygen atoms in total. The zero-order valence-corrected chi connectivity index (χ0v) is 10.3. The van der Waals surface area contributed by atoms with E-state index >= 15 is 0 Å². The lowest BCUT2D eigenvalue weighted by Gasteiger charge is -2.12. The van der Waals surface area contributed by atoms with Crippen LogP contribution in [0.2, 0.25) is 0 Å². The van der Waals surface area contributed by atoms with E-state index in [-0.39, 0.29) is 18.2 Å². The molecule has 0 spiro atoms. The van der Waals surface area contributed by atoms with Crippen molar-refractivity contribution >= 4 is 11.7 Å². The van der Waals surface area contributed by atoms with Crippen molar-refractivity contribution in [3.63, 3.8) is 0 Å². The first-order chi connectivity index (χ1) is 8.05. The zero-order valence-electron chi connectivity index (χ0n) is 10.3. The number of hydrogen-bond acceptors (Lipinski definition) is 4. The van der Waals surface area contributed by atoms with E-state index in [1.54, 1.807) is 6.92 Å². The minimum absolute atomic E-state index is 0.230. The van der Waals surface area contributed by atoms with Gasteiger partial charge in [-0.25, -0.2) is 4.39 Å². The first-order valence-corrected chi connectivity index (χ1v) is 5.79. The van der Waals surface area contributed by atoms with Crippen LogP contribution in [0.25, 0.3) is 0 Å². The van der Waals surface area contributed by atoms with E-state index in [0.29, 0.717) is 6.61 Å². The summed E-state index contributed by atoms with van der Waals surface area (Å²) >= 11 is 0. The second-order valence-electron chi connectivity index (χ2n) is 4.22. The number of nitrogens with two attached hydrogens (primary N) is 1. The van der Waals surface area contributed by atoms with Crippen LogP contribution >= 0.6 is 0 Å². The average Bonchev–Trinajstić information content (AvgIpc) is 3.05. The number of nitrogens with zero attached hydrogens (tertiary/aromatic N) is 1. The largest absolute Gasteiger partial charge is 0.466 e. The van der Waals surface area contributed by atoms with Crippen molar-refractivity contribution in [2.75, 3.05) is 13.2 Å². The number of esters is 1. The van der Waals surface area contributed by atoms with E-state index in [1.807, 2.05) is 0 Å². The normalized spacial score (nSPS) is 20.3. The Labute approximate surface area is 101 Å². The fourth-order valence-electron chi connectivity index (χ4n) is 1.51. The van der Waals surface area contributed by atoms with E-state index in [4.69, 9.17) is 10.5 Å². The Morgan fingerprint density at radius 3 is 2.71 bits per heavy atom. The Bertz CT molecular complexity index is 333. The van der Waals surface area contributed by atoms with Crippen molar-refractivity contribution in [2.45, 2.75) is 32.9 Å². The highest BCUT2D eigenvalue weighted by atomic mass is 19.1. The minimum atomic E-state index is -1.19. The van der Waals surface area contributed by atoms with Gasteiger partial charge in [-0.05, 0) is 39.0 Å². The van der Waals surface area contributed by atoms with Gasteiger partial charge in [-0.1, -0.05) is 0 Å². The second kappa shape index (κ2) is 5.80. The van der Waals surface area contributed by atoms with Crippen molar-refractivity contribution in [1.29, 1.82) is 0 Å². The molecule has 2 N–H and O–H groups in total. The number of halogens is 1. The predicted molar refractivity (Wildman–Crippen MR) is 64.5 cm³/mol. The first-order valence-electron chi connectivity index (χ1n) is 5.79. The molecule has 0 radical (unpaired) electrons. The molecule has 0 saturated heterocycles. The maximum absolute atomic E-state index is 13.1. The molecule has 0 bridgehead atoms. The van der Waals surface area contributed by atoms with Crippen LogP contribution in [0.15, 0.2) is 17.3 Å². The van der Waals surface area contributed by atoms with Crippen LogP contribution in [-0.4, -0.2) is 31.0 Å². The molecule has 0 aromatic heterocycles. The topological polar surface area (TPSA) is 64.7 Å². The molecule has 1 fully saturated rings. The highest BCUT2D eigenvalue weighted by Gasteiger charge is 2.51. The summed E-state index contributed by atoms with van der Waals surface area (Å²) in [6.45, 7) is 3.80. The zero-order chi connectivity index (χ0) is 12.9. The molecule has 1 saturated carbocycles. The van der Waals surface area contributed by atoms with Crippen LogP contribution in [0, 0.1) is 5.41 Å². The molecular weight excluding hydrogens is 223 g/mol. The molecule has 0 heterocycles. The summed E-state index contributed by atoms with van der Waals surface area (Å²) in [4.78, 5) is 15.8. The Morgan fingerprint density at radius 1 is 1.65 bits per heavy atom. The highest BCUT2D eigenvalue weighted by Crippen LogP contribution is 2.47. The number of carbonyl (C=O) groups is 1. The second-order valence-corrected chi connectivity index (χ2v) is 4.22. The third-order valence-electron chi connectivity index (χ3n) is 2.80. The molecule has 0 aliphatic heterocycles. The van der Waals surface area contributed by atoms with Gasteiger partial charge in [-0.3, -0.25) is 9.79 Å². The van der Waals surface area contributed by atoms with Crippen molar-refractivity contribution in [2.24, 2.45) is 16.1 Å². The number of rotatable bonds is 6. The van der Waals surface area contributed by atoms with Crippen LogP contribution < -0.4 is 5.73 Å². The smallest absolute Gasteiger partial charge is 0.313 e. The molecule has 0 amide bonds. The molecule has 0 aromatic rings. The molecular formula is C12H19FN2O2. The fourth-order valence-corrected chi connectivity index (χ4v) is 1.51. The summed E-state index contributed by atoms with van der Waals surface area (Å²) in [5.41, 5.74) is 4.96. The fraction of sp³-hybridized carbons (Fsp3) is 0.667. The lowest BCUT2D eigenvalue weighted by Crippen LogP contribution is -2.23. The Kier molecular flexibility index (Phi) is 4.66. The summed E-state index contributed by atoms with van der Waals surface area (Å²) in [5, 5.41) is 0. The average molecular weight is 242 g/mol. The van der Waals surface area contributed by atoms with Gasteiger partial charge in [0.2, 0.25) is 0 Å². The number of carbonyl (C=O) groups excluding carboxylic acids is 1. The number of aliphatic imine (C=N–C) groups is 1. The standard InChI is InChI=1S/C12H19FN2O2/c1-3-17-11(16)12(5-6-12)8-15-10(4-7-14)9(2)13/h4,7,9H,3,5-6,8,14H2,1-2H3/b7-4-,15-10?. The predicted octanol–water partition coefficient (Wildman–Crippen LogP) is 1.60. The van der Waals surface area contributed by atoms with Crippen molar-refractivity contribution in [3.8, 4) is 0 Å². The number of ether oxygens (including phenoxy) is 1. The molecule has 1 aliphatic carbocycles. The van der Waals surface area contributed by atoms with E-state index in [9.17, 15) is 9.18 Å². The summed E-state index contributed by atoms with van der Waals surface area (Å²) in [7, 11) is 0. The van der Waals surface area contributed by atoms with Crippen LogP contribution in [0.4, 0.5) is 4.39 Å². The maximum Gasteiger partial charge on any atom is 0.313 e. The highest BCUT2D eigenvalue weighted by molar-refractivity contribution is 5.98. The lowest BCUT2D eigenvalue weighted by atomic mass is 10.1. The maximum atomic E-state index is 13.1. The Morgan fingerprint density at radius 2 is 2.29 bits per heavy atom. The number of allylic oxidation sites excluding steroid dienone is 1. The Balaban J connectivity index is 2.64. The molecule has 5 heteroatoms. The van der Waals surface area contributed by atoms with Gasteiger partial charge in [0.1, 0.15) is 6.17 Å². The summed E-state index contributed by atoms with van der Waals surface area (Å²) < 4.78 is 18.1. The molecule has 96 valence electrons. The molecule has 1 rings (SSSR count). The monoisotopic (exact) mass is 242 g/mol. The van der Waals surface area contributed by atoms with Gasteiger partial charge in [0.05, 0.1) is 24.3 Å². The van der Waals surface area contributed by atoms with E-state index < -0.39 is 11.6 Å². The van der Waals surface area contributed by atoms with E-state index in [1.165, 1.54) is 19.2 Å². The summed E-state index contributed by atoms with van der Waals surface area (Å²) in [6, 6.07) is 0. The summed E-state index contributed by atoms with van der Waals surface area (Å²) in [5.74, 6) is -0.230. The van der Waals surface area contributed by atoms with Crippen LogP contribution in [0.3, 0.4) is 0 Å². The minimum Gasteiger partial charge on any atom is -0.466 e. The van der Waals surface area contributed by atoms with Gasteiger partial charge in [0, 0.05) is 0 Å². The van der Waals surface area contributed by atoms with Gasteiger partial charge >= 0.3 is 5.97 Å². The summed E-state index contributed by atoms with van der Waals surface area (Å²) in [6.07, 6.45) is 3.00. The SMILES string of the molecule is CCOC(=O)C1(CN=C(/C=C\N)C(C)F)CC1. The molecule has 1 aliphatic rings. The lowest BCUT2D eigenvalue weighted by molar-refractivity contribution is -0.149. The van der Waals surface area contributed by atoms with Gasteiger partial charge in [0.25, 0.3) is 0 Å². The molecule has 0 aromatic carbocycles.